The van der Waals surface area contributed by atoms with E-state index in [1.54, 1.807) is 0 Å². The monoisotopic (exact) mass is 346 g/mol. The quantitative estimate of drug-likeness (QED) is 0.705. The average Bonchev–Trinajstić information content (AvgIpc) is 2.52. The number of hydrogen-bond acceptors (Lipinski definition) is 3. The summed E-state index contributed by atoms with van der Waals surface area (Å²) in [6, 6.07) is 6.32. The van der Waals surface area contributed by atoms with Crippen molar-refractivity contribution in [3.05, 3.63) is 34.9 Å². The maximum Gasteiger partial charge on any atom is 0.220 e. The number of likely N-dealkylation sites (N-methyl/N-ethyl adjacent to an activating group) is 1. The minimum atomic E-state index is -0.0450. The second-order valence-corrected chi connectivity index (χ2v) is 7.59. The largest absolute Gasteiger partial charge is 0.355 e. The van der Waals surface area contributed by atoms with Gasteiger partial charge in [0.2, 0.25) is 5.91 Å². The lowest BCUT2D eigenvalue weighted by molar-refractivity contribution is -0.125. The highest BCUT2D eigenvalue weighted by Crippen LogP contribution is 2.28. The minimum absolute atomic E-state index is 0.0450. The fraction of sp³-hybridized carbons (Fsp3) is 0.619. The molecule has 1 rings (SSSR count). The molecule has 0 heterocycles. The van der Waals surface area contributed by atoms with Crippen molar-refractivity contribution < 1.29 is 9.59 Å². The van der Waals surface area contributed by atoms with Crippen molar-refractivity contribution in [1.82, 2.24) is 10.2 Å². The molecule has 1 aromatic carbocycles. The topological polar surface area (TPSA) is 49.4 Å². The van der Waals surface area contributed by atoms with Gasteiger partial charge in [0.25, 0.3) is 0 Å². The third-order valence-electron chi connectivity index (χ3n) is 4.38. The van der Waals surface area contributed by atoms with Gasteiger partial charge in [0.05, 0.1) is 0 Å². The second kappa shape index (κ2) is 10.3. The molecule has 0 aliphatic carbocycles. The third kappa shape index (κ3) is 7.39. The van der Waals surface area contributed by atoms with Gasteiger partial charge < -0.3 is 10.2 Å². The molecule has 4 nitrogen and oxygen atoms in total. The van der Waals surface area contributed by atoms with Crippen molar-refractivity contribution in [2.75, 3.05) is 27.2 Å². The van der Waals surface area contributed by atoms with Crippen molar-refractivity contribution in [2.24, 2.45) is 0 Å². The maximum atomic E-state index is 12.5. The van der Waals surface area contributed by atoms with Crippen LogP contribution in [0.1, 0.15) is 69.1 Å². The molecule has 1 aromatic rings. The van der Waals surface area contributed by atoms with Crippen LogP contribution in [-0.2, 0) is 16.0 Å². The molecule has 140 valence electrons. The minimum Gasteiger partial charge on any atom is -0.355 e. The van der Waals surface area contributed by atoms with Gasteiger partial charge in [-0.1, -0.05) is 45.9 Å². The van der Waals surface area contributed by atoms with Crippen LogP contribution in [0.5, 0.6) is 0 Å². The van der Waals surface area contributed by atoms with Crippen molar-refractivity contribution in [2.45, 2.75) is 58.8 Å². The third-order valence-corrected chi connectivity index (χ3v) is 4.38. The Hall–Kier alpha value is -1.68. The molecule has 0 atom stereocenters. The van der Waals surface area contributed by atoms with Crippen molar-refractivity contribution >= 4 is 11.7 Å². The predicted octanol–water partition coefficient (Wildman–Crippen LogP) is 3.50. The van der Waals surface area contributed by atoms with Gasteiger partial charge >= 0.3 is 0 Å². The molecule has 0 aliphatic rings. The van der Waals surface area contributed by atoms with Crippen molar-refractivity contribution in [1.29, 1.82) is 0 Å². The maximum absolute atomic E-state index is 12.5. The zero-order valence-corrected chi connectivity index (χ0v) is 16.7. The number of amides is 1. The summed E-state index contributed by atoms with van der Waals surface area (Å²) in [6.07, 6.45) is 0.998. The van der Waals surface area contributed by atoms with Crippen LogP contribution in [0.25, 0.3) is 0 Å². The Morgan fingerprint density at radius 3 is 2.04 bits per heavy atom. The summed E-state index contributed by atoms with van der Waals surface area (Å²) in [6.45, 7) is 10.1. The van der Waals surface area contributed by atoms with Crippen LogP contribution >= 0.6 is 0 Å². The van der Waals surface area contributed by atoms with E-state index in [1.807, 2.05) is 19.0 Å². The van der Waals surface area contributed by atoms with Crippen LogP contribution in [0.2, 0.25) is 0 Å². The number of ketones is 1. The van der Waals surface area contributed by atoms with Gasteiger partial charge in [-0.15, -0.1) is 0 Å². The number of benzene rings is 1. The molecule has 0 saturated carbocycles. The molecule has 25 heavy (non-hydrogen) atoms. The van der Waals surface area contributed by atoms with E-state index in [9.17, 15) is 9.59 Å². The average molecular weight is 347 g/mol. The van der Waals surface area contributed by atoms with Crippen LogP contribution in [0, 0.1) is 0 Å². The lowest BCUT2D eigenvalue weighted by Crippen LogP contribution is -2.31. The highest BCUT2D eigenvalue weighted by Gasteiger charge is 2.17. The summed E-state index contributed by atoms with van der Waals surface area (Å²) in [5.41, 5.74) is 3.65. The molecule has 0 fully saturated rings. The fourth-order valence-corrected chi connectivity index (χ4v) is 2.96. The van der Waals surface area contributed by atoms with E-state index in [1.165, 1.54) is 11.1 Å². The number of carbonyl (C=O) groups excluding carboxylic acids is 2. The van der Waals surface area contributed by atoms with Gasteiger partial charge in [-0.2, -0.15) is 0 Å². The molecule has 0 saturated heterocycles. The van der Waals surface area contributed by atoms with E-state index >= 15 is 0 Å². The molecule has 0 aromatic heterocycles. The van der Waals surface area contributed by atoms with Gasteiger partial charge in [-0.3, -0.25) is 9.59 Å². The molecule has 0 radical (unpaired) electrons. The summed E-state index contributed by atoms with van der Waals surface area (Å²) in [5, 5.41) is 2.86. The molecule has 1 N–H and O–H groups in total. The summed E-state index contributed by atoms with van der Waals surface area (Å²) in [4.78, 5) is 26.3. The van der Waals surface area contributed by atoms with Crippen LogP contribution in [0.4, 0.5) is 0 Å². The second-order valence-electron chi connectivity index (χ2n) is 7.59. The fourth-order valence-electron chi connectivity index (χ4n) is 2.96. The highest BCUT2D eigenvalue weighted by molar-refractivity contribution is 5.86. The Morgan fingerprint density at radius 2 is 1.56 bits per heavy atom. The normalized spacial score (nSPS) is 11.4. The molecular formula is C21H34N2O2. The van der Waals surface area contributed by atoms with Crippen LogP contribution in [0.3, 0.4) is 0 Å². The van der Waals surface area contributed by atoms with Gasteiger partial charge in [0.1, 0.15) is 5.78 Å². The Labute approximate surface area is 153 Å². The van der Waals surface area contributed by atoms with Crippen LogP contribution in [-0.4, -0.2) is 43.8 Å². The molecule has 4 heteroatoms. The van der Waals surface area contributed by atoms with Crippen molar-refractivity contribution in [3.8, 4) is 0 Å². The standard InChI is InChI=1S/C21H34N2O2/c1-15(2)18-8-7-9-19(16(3)4)20(18)14-17(24)10-11-21(25)22-12-13-23(5)6/h7-9,15-16H,10-14H2,1-6H3,(H,22,25). The summed E-state index contributed by atoms with van der Waals surface area (Å²) < 4.78 is 0. The first-order valence-electron chi connectivity index (χ1n) is 9.27. The first-order chi connectivity index (χ1) is 11.7. The van der Waals surface area contributed by atoms with Gasteiger partial charge in [-0.05, 0) is 42.6 Å². The summed E-state index contributed by atoms with van der Waals surface area (Å²) in [7, 11) is 3.93. The van der Waals surface area contributed by atoms with Gasteiger partial charge in [0, 0.05) is 32.4 Å². The van der Waals surface area contributed by atoms with E-state index in [-0.39, 0.29) is 18.1 Å². The summed E-state index contributed by atoms with van der Waals surface area (Å²) in [5.74, 6) is 0.862. The molecule has 0 unspecified atom stereocenters. The molecular weight excluding hydrogens is 312 g/mol. The Kier molecular flexibility index (Phi) is 8.84. The van der Waals surface area contributed by atoms with E-state index in [0.29, 0.717) is 31.2 Å². The predicted molar refractivity (Wildman–Crippen MR) is 104 cm³/mol. The molecule has 1 amide bonds. The zero-order chi connectivity index (χ0) is 19.0. The summed E-state index contributed by atoms with van der Waals surface area (Å²) >= 11 is 0. The zero-order valence-electron chi connectivity index (χ0n) is 16.7. The first kappa shape index (κ1) is 21.4. The van der Waals surface area contributed by atoms with Gasteiger partial charge in [0.15, 0.2) is 0 Å². The first-order valence-corrected chi connectivity index (χ1v) is 9.27. The lowest BCUT2D eigenvalue weighted by Gasteiger charge is -2.19. The molecule has 0 spiro atoms. The highest BCUT2D eigenvalue weighted by atomic mass is 16.2. The SMILES string of the molecule is CC(C)c1cccc(C(C)C)c1CC(=O)CCC(=O)NCCN(C)C. The Morgan fingerprint density at radius 1 is 1.00 bits per heavy atom. The van der Waals surface area contributed by atoms with Crippen LogP contribution < -0.4 is 5.32 Å². The van der Waals surface area contributed by atoms with Crippen molar-refractivity contribution in [3.63, 3.8) is 0 Å². The van der Waals surface area contributed by atoms with Crippen LogP contribution in [0.15, 0.2) is 18.2 Å². The lowest BCUT2D eigenvalue weighted by atomic mass is 9.86. The number of carbonyl (C=O) groups is 2. The Bertz CT molecular complexity index is 551. The van der Waals surface area contributed by atoms with E-state index < -0.39 is 0 Å². The van der Waals surface area contributed by atoms with E-state index in [2.05, 4.69) is 51.2 Å². The number of nitrogens with one attached hydrogen (secondary N) is 1. The smallest absolute Gasteiger partial charge is 0.220 e. The number of Topliss-reactive ketones (excluding diaryl/α,β-unsaturated/α-hetero) is 1. The number of hydrogen-bond donors (Lipinski definition) is 1. The molecule has 0 bridgehead atoms. The Balaban J connectivity index is 2.66. The number of nitrogens with zero attached hydrogens (tertiary/aromatic N) is 1. The number of rotatable bonds is 10. The van der Waals surface area contributed by atoms with E-state index in [4.69, 9.17) is 0 Å². The van der Waals surface area contributed by atoms with Gasteiger partial charge in [-0.25, -0.2) is 0 Å². The van der Waals surface area contributed by atoms with E-state index in [0.717, 1.165) is 12.1 Å². The molecule has 0 aliphatic heterocycles.